The number of hydrogen-bond acceptors (Lipinski definition) is 6. The third-order valence-corrected chi connectivity index (χ3v) is 4.89. The lowest BCUT2D eigenvalue weighted by molar-refractivity contribution is 0.415. The van der Waals surface area contributed by atoms with Crippen LogP contribution >= 0.6 is 0 Å². The van der Waals surface area contributed by atoms with Crippen LogP contribution in [0.5, 0.6) is 5.75 Å². The minimum atomic E-state index is 0.758. The highest BCUT2D eigenvalue weighted by molar-refractivity contribution is 5.61. The average Bonchev–Trinajstić information content (AvgIpc) is 2.74. The summed E-state index contributed by atoms with van der Waals surface area (Å²) in [7, 11) is 1.67. The lowest BCUT2D eigenvalue weighted by Crippen LogP contribution is -2.46. The maximum absolute atomic E-state index is 5.30. The van der Waals surface area contributed by atoms with Crippen molar-refractivity contribution < 1.29 is 4.74 Å². The molecule has 1 N–H and O–H groups in total. The molecule has 1 fully saturated rings. The number of hydrogen-bond donors (Lipinski definition) is 1. The Kier molecular flexibility index (Phi) is 5.28. The van der Waals surface area contributed by atoms with Gasteiger partial charge in [0.05, 0.1) is 7.11 Å². The van der Waals surface area contributed by atoms with Gasteiger partial charge in [-0.15, -0.1) is 0 Å². The van der Waals surface area contributed by atoms with E-state index in [0.29, 0.717) is 0 Å². The van der Waals surface area contributed by atoms with Crippen molar-refractivity contribution in [1.29, 1.82) is 0 Å². The second-order valence-corrected chi connectivity index (χ2v) is 6.83. The number of aryl methyl sites for hydroxylation is 1. The Hall–Kier alpha value is -3.28. The van der Waals surface area contributed by atoms with Crippen LogP contribution in [-0.4, -0.2) is 43.3 Å². The van der Waals surface area contributed by atoms with E-state index < -0.39 is 0 Å². The molecule has 0 aliphatic carbocycles. The van der Waals surface area contributed by atoms with Gasteiger partial charge in [-0.2, -0.15) is 0 Å². The van der Waals surface area contributed by atoms with Crippen LogP contribution in [0, 0.1) is 6.92 Å². The molecule has 1 saturated heterocycles. The van der Waals surface area contributed by atoms with Gasteiger partial charge in [0.1, 0.15) is 23.2 Å². The molecule has 4 rings (SSSR count). The van der Waals surface area contributed by atoms with Crippen molar-refractivity contribution in [1.82, 2.24) is 9.97 Å². The minimum Gasteiger partial charge on any atom is -0.497 e. The smallest absolute Gasteiger partial charge is 0.136 e. The number of para-hydroxylation sites is 1. The number of piperazine rings is 1. The van der Waals surface area contributed by atoms with Gasteiger partial charge in [0, 0.05) is 49.7 Å². The van der Waals surface area contributed by atoms with Crippen LogP contribution in [-0.2, 0) is 0 Å². The summed E-state index contributed by atoms with van der Waals surface area (Å²) in [5.74, 6) is 3.33. The van der Waals surface area contributed by atoms with Crippen LogP contribution < -0.4 is 19.9 Å². The molecular weight excluding hydrogens is 350 g/mol. The molecule has 6 nitrogen and oxygen atoms in total. The maximum Gasteiger partial charge on any atom is 0.136 e. The second kappa shape index (κ2) is 8.17. The van der Waals surface area contributed by atoms with Gasteiger partial charge in [-0.1, -0.05) is 24.3 Å². The van der Waals surface area contributed by atoms with E-state index in [9.17, 15) is 0 Å². The fraction of sp³-hybridized carbons (Fsp3) is 0.273. The lowest BCUT2D eigenvalue weighted by Gasteiger charge is -2.36. The molecule has 1 aliphatic rings. The summed E-state index contributed by atoms with van der Waals surface area (Å²) in [5, 5.41) is 3.37. The Bertz CT molecular complexity index is 923. The monoisotopic (exact) mass is 375 g/mol. The zero-order valence-corrected chi connectivity index (χ0v) is 16.3. The van der Waals surface area contributed by atoms with Gasteiger partial charge in [-0.3, -0.25) is 0 Å². The number of rotatable bonds is 5. The van der Waals surface area contributed by atoms with Crippen molar-refractivity contribution in [2.24, 2.45) is 0 Å². The molecule has 0 unspecified atom stereocenters. The van der Waals surface area contributed by atoms with Crippen molar-refractivity contribution >= 4 is 23.0 Å². The number of methoxy groups -OCH3 is 1. The van der Waals surface area contributed by atoms with Crippen LogP contribution in [0.15, 0.2) is 60.7 Å². The lowest BCUT2D eigenvalue weighted by atomic mass is 10.2. The van der Waals surface area contributed by atoms with Crippen LogP contribution in [0.4, 0.5) is 23.0 Å². The Labute approximate surface area is 165 Å². The number of nitrogens with one attached hydrogen (secondary N) is 1. The number of anilines is 4. The Morgan fingerprint density at radius 3 is 2.36 bits per heavy atom. The summed E-state index contributed by atoms with van der Waals surface area (Å²) < 4.78 is 5.30. The van der Waals surface area contributed by atoms with Crippen molar-refractivity contribution in [3.8, 4) is 5.75 Å². The van der Waals surface area contributed by atoms with Crippen molar-refractivity contribution in [2.45, 2.75) is 6.92 Å². The average molecular weight is 375 g/mol. The normalized spacial score (nSPS) is 14.1. The topological polar surface area (TPSA) is 53.5 Å². The molecule has 3 aromatic rings. The van der Waals surface area contributed by atoms with E-state index in [2.05, 4.69) is 55.4 Å². The first-order valence-electron chi connectivity index (χ1n) is 9.53. The molecule has 0 amide bonds. The van der Waals surface area contributed by atoms with E-state index in [1.807, 2.05) is 37.3 Å². The number of aromatic nitrogens is 2. The van der Waals surface area contributed by atoms with Crippen LogP contribution in [0.3, 0.4) is 0 Å². The van der Waals surface area contributed by atoms with E-state index in [4.69, 9.17) is 4.74 Å². The van der Waals surface area contributed by atoms with E-state index in [1.54, 1.807) is 7.11 Å². The van der Waals surface area contributed by atoms with Gasteiger partial charge in [0.15, 0.2) is 0 Å². The first-order chi connectivity index (χ1) is 13.7. The summed E-state index contributed by atoms with van der Waals surface area (Å²) in [4.78, 5) is 13.9. The van der Waals surface area contributed by atoms with Crippen LogP contribution in [0.1, 0.15) is 5.82 Å². The van der Waals surface area contributed by atoms with Crippen LogP contribution in [0.2, 0.25) is 0 Å². The highest BCUT2D eigenvalue weighted by Gasteiger charge is 2.19. The third-order valence-electron chi connectivity index (χ3n) is 4.89. The molecule has 1 aromatic heterocycles. The Morgan fingerprint density at radius 1 is 0.857 bits per heavy atom. The predicted octanol–water partition coefficient (Wildman–Crippen LogP) is 3.86. The van der Waals surface area contributed by atoms with Crippen molar-refractivity contribution in [2.75, 3.05) is 48.4 Å². The van der Waals surface area contributed by atoms with Crippen molar-refractivity contribution in [3.63, 3.8) is 0 Å². The molecular formula is C22H25N5O. The van der Waals surface area contributed by atoms with E-state index >= 15 is 0 Å². The molecule has 1 aliphatic heterocycles. The molecule has 2 aromatic carbocycles. The molecule has 0 radical (unpaired) electrons. The number of benzene rings is 2. The summed E-state index contributed by atoms with van der Waals surface area (Å²) in [5.41, 5.74) is 2.22. The maximum atomic E-state index is 5.30. The zero-order chi connectivity index (χ0) is 19.3. The van der Waals surface area contributed by atoms with Gasteiger partial charge >= 0.3 is 0 Å². The number of ether oxygens (including phenoxy) is 1. The Morgan fingerprint density at radius 2 is 1.61 bits per heavy atom. The quantitative estimate of drug-likeness (QED) is 0.731. The van der Waals surface area contributed by atoms with Gasteiger partial charge in [-0.05, 0) is 31.2 Å². The molecule has 0 saturated carbocycles. The highest BCUT2D eigenvalue weighted by atomic mass is 16.5. The molecule has 2 heterocycles. The number of nitrogens with zero attached hydrogens (tertiary/aromatic N) is 4. The summed E-state index contributed by atoms with van der Waals surface area (Å²) in [6.45, 7) is 5.76. The summed E-state index contributed by atoms with van der Waals surface area (Å²) >= 11 is 0. The second-order valence-electron chi connectivity index (χ2n) is 6.83. The molecule has 28 heavy (non-hydrogen) atoms. The van der Waals surface area contributed by atoms with Gasteiger partial charge < -0.3 is 19.9 Å². The first-order valence-corrected chi connectivity index (χ1v) is 9.53. The standard InChI is InChI=1S/C22H25N5O/c1-17-23-21(25-18-7-6-10-20(15-18)28-2)16-22(24-17)27-13-11-26(12-14-27)19-8-4-3-5-9-19/h3-10,15-16H,11-14H2,1-2H3,(H,23,24,25). The Balaban J connectivity index is 1.47. The molecule has 0 spiro atoms. The molecule has 144 valence electrons. The van der Waals surface area contributed by atoms with E-state index in [-0.39, 0.29) is 0 Å². The van der Waals surface area contributed by atoms with Crippen molar-refractivity contribution in [3.05, 3.63) is 66.5 Å². The SMILES string of the molecule is COc1cccc(Nc2cc(N3CCN(c4ccccc4)CC3)nc(C)n2)c1. The summed E-state index contributed by atoms with van der Waals surface area (Å²) in [6, 6.07) is 20.4. The first kappa shape index (κ1) is 18.1. The third kappa shape index (κ3) is 4.17. The predicted molar refractivity (Wildman–Crippen MR) is 114 cm³/mol. The van der Waals surface area contributed by atoms with E-state index in [1.165, 1.54) is 5.69 Å². The van der Waals surface area contributed by atoms with Gasteiger partial charge in [-0.25, -0.2) is 9.97 Å². The highest BCUT2D eigenvalue weighted by Crippen LogP contribution is 2.24. The summed E-state index contributed by atoms with van der Waals surface area (Å²) in [6.07, 6.45) is 0. The van der Waals surface area contributed by atoms with E-state index in [0.717, 1.165) is 55.1 Å². The largest absolute Gasteiger partial charge is 0.497 e. The molecule has 0 bridgehead atoms. The van der Waals surface area contributed by atoms with Gasteiger partial charge in [0.25, 0.3) is 0 Å². The molecule has 0 atom stereocenters. The fourth-order valence-electron chi connectivity index (χ4n) is 3.46. The molecule has 6 heteroatoms. The van der Waals surface area contributed by atoms with Gasteiger partial charge in [0.2, 0.25) is 0 Å². The zero-order valence-electron chi connectivity index (χ0n) is 16.3. The fourth-order valence-corrected chi connectivity index (χ4v) is 3.46. The van der Waals surface area contributed by atoms with Crippen LogP contribution in [0.25, 0.3) is 0 Å². The minimum absolute atomic E-state index is 0.758.